The summed E-state index contributed by atoms with van der Waals surface area (Å²) in [6.45, 7) is 1.42. The first kappa shape index (κ1) is 9.04. The molecule has 15 heavy (non-hydrogen) atoms. The van der Waals surface area contributed by atoms with Gasteiger partial charge in [0.2, 0.25) is 0 Å². The van der Waals surface area contributed by atoms with Gasteiger partial charge < -0.3 is 15.2 Å². The molecule has 3 rings (SSSR count). The standard InChI is InChI=1S/C12H15NO2/c13-11-7-15-12-5-9(3-4-10(11)12)14-6-8-1-2-8/h3-5,8,11H,1-2,6-7,13H2. The molecule has 0 bridgehead atoms. The lowest BCUT2D eigenvalue weighted by atomic mass is 10.1. The summed E-state index contributed by atoms with van der Waals surface area (Å²) < 4.78 is 11.1. The van der Waals surface area contributed by atoms with Gasteiger partial charge in [-0.15, -0.1) is 0 Å². The van der Waals surface area contributed by atoms with Gasteiger partial charge in [-0.2, -0.15) is 0 Å². The number of nitrogens with two attached hydrogens (primary N) is 1. The van der Waals surface area contributed by atoms with Crippen molar-refractivity contribution >= 4 is 0 Å². The molecule has 0 spiro atoms. The molecule has 1 unspecified atom stereocenters. The van der Waals surface area contributed by atoms with Crippen LogP contribution in [0.4, 0.5) is 0 Å². The van der Waals surface area contributed by atoms with E-state index in [9.17, 15) is 0 Å². The number of benzene rings is 1. The zero-order valence-corrected chi connectivity index (χ0v) is 8.61. The largest absolute Gasteiger partial charge is 0.493 e. The Morgan fingerprint density at radius 2 is 2.27 bits per heavy atom. The molecule has 1 aliphatic heterocycles. The molecule has 2 aliphatic rings. The van der Waals surface area contributed by atoms with Crippen molar-refractivity contribution < 1.29 is 9.47 Å². The van der Waals surface area contributed by atoms with Crippen LogP contribution in [0, 0.1) is 5.92 Å². The Bertz CT molecular complexity index is 374. The van der Waals surface area contributed by atoms with Gasteiger partial charge in [0.25, 0.3) is 0 Å². The molecule has 2 N–H and O–H groups in total. The lowest BCUT2D eigenvalue weighted by Gasteiger charge is -2.07. The molecule has 3 heteroatoms. The third-order valence-electron chi connectivity index (χ3n) is 2.99. The van der Waals surface area contributed by atoms with E-state index in [1.807, 2.05) is 18.2 Å². The van der Waals surface area contributed by atoms with E-state index >= 15 is 0 Å². The first-order valence-corrected chi connectivity index (χ1v) is 5.48. The van der Waals surface area contributed by atoms with E-state index in [4.69, 9.17) is 15.2 Å². The van der Waals surface area contributed by atoms with Crippen molar-refractivity contribution in [3.05, 3.63) is 23.8 Å². The van der Waals surface area contributed by atoms with Crippen molar-refractivity contribution in [1.82, 2.24) is 0 Å². The highest BCUT2D eigenvalue weighted by molar-refractivity contribution is 5.44. The van der Waals surface area contributed by atoms with E-state index in [1.165, 1.54) is 12.8 Å². The van der Waals surface area contributed by atoms with Crippen molar-refractivity contribution in [1.29, 1.82) is 0 Å². The zero-order chi connectivity index (χ0) is 10.3. The maximum atomic E-state index is 5.86. The van der Waals surface area contributed by atoms with Crippen LogP contribution >= 0.6 is 0 Å². The summed E-state index contributed by atoms with van der Waals surface area (Å²) in [7, 11) is 0. The van der Waals surface area contributed by atoms with Crippen LogP contribution in [0.5, 0.6) is 11.5 Å². The molecule has 1 aromatic carbocycles. The van der Waals surface area contributed by atoms with Crippen molar-refractivity contribution in [2.75, 3.05) is 13.2 Å². The van der Waals surface area contributed by atoms with E-state index in [1.54, 1.807) is 0 Å². The molecule has 0 radical (unpaired) electrons. The number of hydrogen-bond acceptors (Lipinski definition) is 3. The Morgan fingerprint density at radius 1 is 1.40 bits per heavy atom. The van der Waals surface area contributed by atoms with Gasteiger partial charge in [0, 0.05) is 11.6 Å². The van der Waals surface area contributed by atoms with E-state index in [0.29, 0.717) is 6.61 Å². The van der Waals surface area contributed by atoms with Crippen LogP contribution in [0.2, 0.25) is 0 Å². The zero-order valence-electron chi connectivity index (χ0n) is 8.61. The number of fused-ring (bicyclic) bond motifs is 1. The fourth-order valence-electron chi connectivity index (χ4n) is 1.80. The van der Waals surface area contributed by atoms with Gasteiger partial charge in [0.1, 0.15) is 18.1 Å². The fourth-order valence-corrected chi connectivity index (χ4v) is 1.80. The van der Waals surface area contributed by atoms with Gasteiger partial charge in [0.15, 0.2) is 0 Å². The van der Waals surface area contributed by atoms with Crippen LogP contribution in [0.1, 0.15) is 24.4 Å². The first-order valence-electron chi connectivity index (χ1n) is 5.48. The SMILES string of the molecule is NC1COc2cc(OCC3CC3)ccc21. The lowest BCUT2D eigenvalue weighted by molar-refractivity contribution is 0.295. The predicted octanol–water partition coefficient (Wildman–Crippen LogP) is 1.87. The van der Waals surface area contributed by atoms with Crippen molar-refractivity contribution in [2.45, 2.75) is 18.9 Å². The summed E-state index contributed by atoms with van der Waals surface area (Å²) in [4.78, 5) is 0. The van der Waals surface area contributed by atoms with Gasteiger partial charge in [-0.05, 0) is 30.9 Å². The molecular formula is C12H15NO2. The Kier molecular flexibility index (Phi) is 2.06. The normalized spacial score (nSPS) is 23.4. The maximum absolute atomic E-state index is 5.86. The van der Waals surface area contributed by atoms with Gasteiger partial charge in [-0.25, -0.2) is 0 Å². The van der Waals surface area contributed by atoms with Crippen molar-refractivity contribution in [3.63, 3.8) is 0 Å². The van der Waals surface area contributed by atoms with Gasteiger partial charge in [-0.1, -0.05) is 0 Å². The summed E-state index contributed by atoms with van der Waals surface area (Å²) in [5.41, 5.74) is 6.95. The Balaban J connectivity index is 1.73. The highest BCUT2D eigenvalue weighted by Crippen LogP contribution is 2.35. The summed E-state index contributed by atoms with van der Waals surface area (Å²) in [6, 6.07) is 5.97. The number of ether oxygens (including phenoxy) is 2. The van der Waals surface area contributed by atoms with Crippen LogP contribution in [-0.2, 0) is 0 Å². The predicted molar refractivity (Wildman–Crippen MR) is 57.1 cm³/mol. The number of hydrogen-bond donors (Lipinski definition) is 1. The van der Waals surface area contributed by atoms with Crippen molar-refractivity contribution in [3.8, 4) is 11.5 Å². The molecule has 1 atom stereocenters. The van der Waals surface area contributed by atoms with E-state index in [-0.39, 0.29) is 6.04 Å². The summed E-state index contributed by atoms with van der Waals surface area (Å²) in [5.74, 6) is 2.56. The van der Waals surface area contributed by atoms with Crippen LogP contribution in [0.15, 0.2) is 18.2 Å². The summed E-state index contributed by atoms with van der Waals surface area (Å²) >= 11 is 0. The monoisotopic (exact) mass is 205 g/mol. The minimum atomic E-state index is 0.0254. The highest BCUT2D eigenvalue weighted by atomic mass is 16.5. The fraction of sp³-hybridized carbons (Fsp3) is 0.500. The van der Waals surface area contributed by atoms with Crippen molar-refractivity contribution in [2.24, 2.45) is 11.7 Å². The second-order valence-corrected chi connectivity index (χ2v) is 4.37. The molecule has 0 saturated heterocycles. The molecular weight excluding hydrogens is 190 g/mol. The second kappa shape index (κ2) is 3.42. The second-order valence-electron chi connectivity index (χ2n) is 4.37. The average molecular weight is 205 g/mol. The Labute approximate surface area is 89.2 Å². The smallest absolute Gasteiger partial charge is 0.127 e. The quantitative estimate of drug-likeness (QED) is 0.819. The average Bonchev–Trinajstić information content (AvgIpc) is 3.01. The van der Waals surface area contributed by atoms with E-state index < -0.39 is 0 Å². The minimum absolute atomic E-state index is 0.0254. The van der Waals surface area contributed by atoms with E-state index in [2.05, 4.69) is 0 Å². The Morgan fingerprint density at radius 3 is 3.07 bits per heavy atom. The maximum Gasteiger partial charge on any atom is 0.127 e. The molecule has 80 valence electrons. The van der Waals surface area contributed by atoms with Crippen LogP contribution < -0.4 is 15.2 Å². The molecule has 1 aliphatic carbocycles. The minimum Gasteiger partial charge on any atom is -0.493 e. The molecule has 1 aromatic rings. The molecule has 1 fully saturated rings. The number of rotatable bonds is 3. The molecule has 1 saturated carbocycles. The third kappa shape index (κ3) is 1.79. The summed E-state index contributed by atoms with van der Waals surface area (Å²) in [5, 5.41) is 0. The first-order chi connectivity index (χ1) is 7.33. The Hall–Kier alpha value is -1.22. The third-order valence-corrected chi connectivity index (χ3v) is 2.99. The molecule has 3 nitrogen and oxygen atoms in total. The molecule has 0 aromatic heterocycles. The van der Waals surface area contributed by atoms with Crippen LogP contribution in [-0.4, -0.2) is 13.2 Å². The van der Waals surface area contributed by atoms with Gasteiger partial charge in [-0.3, -0.25) is 0 Å². The van der Waals surface area contributed by atoms with Gasteiger partial charge >= 0.3 is 0 Å². The van der Waals surface area contributed by atoms with Crippen LogP contribution in [0.3, 0.4) is 0 Å². The highest BCUT2D eigenvalue weighted by Gasteiger charge is 2.23. The molecule has 0 amide bonds. The topological polar surface area (TPSA) is 44.5 Å². The van der Waals surface area contributed by atoms with E-state index in [0.717, 1.165) is 29.6 Å². The van der Waals surface area contributed by atoms with Crippen LogP contribution in [0.25, 0.3) is 0 Å². The summed E-state index contributed by atoms with van der Waals surface area (Å²) in [6.07, 6.45) is 2.62. The molecule has 1 heterocycles. The lowest BCUT2D eigenvalue weighted by Crippen LogP contribution is -2.10. The van der Waals surface area contributed by atoms with Gasteiger partial charge in [0.05, 0.1) is 12.6 Å².